The Morgan fingerprint density at radius 3 is 1.50 bits per heavy atom. The molecule has 0 saturated carbocycles. The van der Waals surface area contributed by atoms with Crippen molar-refractivity contribution >= 4 is 40.8 Å². The predicted molar refractivity (Wildman–Crippen MR) is 45.7 cm³/mol. The van der Waals surface area contributed by atoms with E-state index in [9.17, 15) is 4.79 Å². The molecular weight excluding hydrogens is 238 g/mol. The molecule has 3 heteroatoms. The van der Waals surface area contributed by atoms with Crippen LogP contribution in [0, 0.1) is 5.41 Å². The molecule has 0 aromatic carbocycles. The van der Waals surface area contributed by atoms with Gasteiger partial charge in [0, 0.05) is 5.41 Å². The number of carbonyl (C=O) groups excluding carboxylic acids is 1. The van der Waals surface area contributed by atoms with Crippen molar-refractivity contribution < 1.29 is 4.79 Å². The van der Waals surface area contributed by atoms with E-state index in [-0.39, 0.29) is 34.6 Å². The lowest BCUT2D eigenvalue weighted by Crippen LogP contribution is -2.13. The van der Waals surface area contributed by atoms with Crippen molar-refractivity contribution in [3.8, 4) is 0 Å². The molecular formula is C5H10ClIO. The molecule has 0 aromatic rings. The highest BCUT2D eigenvalue weighted by Gasteiger charge is 2.17. The van der Waals surface area contributed by atoms with Crippen LogP contribution >= 0.6 is 35.6 Å². The van der Waals surface area contributed by atoms with E-state index in [0.29, 0.717) is 0 Å². The molecule has 0 fully saturated rings. The minimum absolute atomic E-state index is 0. The number of hydrogen-bond donors (Lipinski definition) is 0. The van der Waals surface area contributed by atoms with E-state index >= 15 is 0 Å². The minimum atomic E-state index is -0.373. The van der Waals surface area contributed by atoms with Crippen molar-refractivity contribution in [2.45, 2.75) is 20.8 Å². The van der Waals surface area contributed by atoms with Gasteiger partial charge in [-0.25, -0.2) is 0 Å². The summed E-state index contributed by atoms with van der Waals surface area (Å²) in [5.74, 6) is 0. The second-order valence-corrected chi connectivity index (χ2v) is 2.87. The summed E-state index contributed by atoms with van der Waals surface area (Å²) in [5.41, 5.74) is -0.373. The third-order valence-corrected chi connectivity index (χ3v) is 1.16. The van der Waals surface area contributed by atoms with Gasteiger partial charge < -0.3 is 0 Å². The zero-order valence-electron chi connectivity index (χ0n) is 5.19. The van der Waals surface area contributed by atoms with Crippen LogP contribution < -0.4 is 0 Å². The molecule has 0 bridgehead atoms. The third kappa shape index (κ3) is 4.84. The summed E-state index contributed by atoms with van der Waals surface area (Å²) < 4.78 is 0. The van der Waals surface area contributed by atoms with Crippen molar-refractivity contribution in [2.75, 3.05) is 0 Å². The first kappa shape index (κ1) is 11.5. The Balaban J connectivity index is 0. The maximum Gasteiger partial charge on any atom is 0.226 e. The van der Waals surface area contributed by atoms with Gasteiger partial charge >= 0.3 is 0 Å². The van der Waals surface area contributed by atoms with Gasteiger partial charge in [0.25, 0.3) is 0 Å². The Morgan fingerprint density at radius 2 is 1.50 bits per heavy atom. The van der Waals surface area contributed by atoms with Crippen LogP contribution in [0.5, 0.6) is 0 Å². The standard InChI is InChI=1S/C5H9ClO.HI/c1-5(2,3)4(6)7;/h1-3H3;1H. The zero-order chi connectivity index (χ0) is 6.08. The largest absolute Gasteiger partial charge is 0.281 e. The first-order valence-corrected chi connectivity index (χ1v) is 2.52. The zero-order valence-corrected chi connectivity index (χ0v) is 8.28. The first-order valence-electron chi connectivity index (χ1n) is 2.14. The van der Waals surface area contributed by atoms with Crippen LogP contribution in [0.3, 0.4) is 0 Å². The molecule has 50 valence electrons. The van der Waals surface area contributed by atoms with Gasteiger partial charge in [0.05, 0.1) is 0 Å². The fourth-order valence-electron chi connectivity index (χ4n) is 0. The number of hydrogen-bond acceptors (Lipinski definition) is 1. The summed E-state index contributed by atoms with van der Waals surface area (Å²) >= 11 is 5.11. The van der Waals surface area contributed by atoms with Crippen LogP contribution in [-0.4, -0.2) is 5.24 Å². The number of halogens is 2. The van der Waals surface area contributed by atoms with Crippen LogP contribution in [0.2, 0.25) is 0 Å². The molecule has 0 heterocycles. The van der Waals surface area contributed by atoms with Gasteiger partial charge in [-0.1, -0.05) is 20.8 Å². The van der Waals surface area contributed by atoms with E-state index in [4.69, 9.17) is 11.6 Å². The van der Waals surface area contributed by atoms with Crippen molar-refractivity contribution in [1.82, 2.24) is 0 Å². The lowest BCUT2D eigenvalue weighted by Gasteiger charge is -2.08. The number of rotatable bonds is 0. The molecule has 1 nitrogen and oxygen atoms in total. The second-order valence-electron chi connectivity index (χ2n) is 2.52. The fraction of sp³-hybridized carbons (Fsp3) is 0.800. The SMILES string of the molecule is CC(C)(C)C(=O)Cl.I. The average molecular weight is 248 g/mol. The van der Waals surface area contributed by atoms with E-state index in [1.165, 1.54) is 0 Å². The molecule has 0 unspecified atom stereocenters. The molecule has 0 aliphatic heterocycles. The smallest absolute Gasteiger partial charge is 0.226 e. The summed E-state index contributed by atoms with van der Waals surface area (Å²) in [6.07, 6.45) is 0. The van der Waals surface area contributed by atoms with Gasteiger partial charge in [-0.15, -0.1) is 24.0 Å². The highest BCUT2D eigenvalue weighted by Crippen LogP contribution is 2.15. The first-order chi connectivity index (χ1) is 2.94. The van der Waals surface area contributed by atoms with Gasteiger partial charge in [-0.2, -0.15) is 0 Å². The Kier molecular flexibility index (Phi) is 5.26. The highest BCUT2D eigenvalue weighted by atomic mass is 127. The minimum Gasteiger partial charge on any atom is -0.281 e. The van der Waals surface area contributed by atoms with Crippen LogP contribution in [-0.2, 0) is 4.79 Å². The fourth-order valence-corrected chi connectivity index (χ4v) is 0. The van der Waals surface area contributed by atoms with E-state index in [1.807, 2.05) is 0 Å². The van der Waals surface area contributed by atoms with Crippen molar-refractivity contribution in [3.63, 3.8) is 0 Å². The molecule has 0 aliphatic carbocycles. The molecule has 0 aromatic heterocycles. The van der Waals surface area contributed by atoms with Gasteiger partial charge in [-0.3, -0.25) is 4.79 Å². The number of carbonyl (C=O) groups is 1. The molecule has 0 saturated heterocycles. The maximum atomic E-state index is 10.2. The molecule has 0 spiro atoms. The molecule has 0 aliphatic rings. The summed E-state index contributed by atoms with van der Waals surface area (Å²) in [6, 6.07) is 0. The van der Waals surface area contributed by atoms with Gasteiger partial charge in [0.2, 0.25) is 5.24 Å². The van der Waals surface area contributed by atoms with Crippen molar-refractivity contribution in [1.29, 1.82) is 0 Å². The molecule has 0 radical (unpaired) electrons. The lowest BCUT2D eigenvalue weighted by molar-refractivity contribution is -0.118. The van der Waals surface area contributed by atoms with E-state index in [1.54, 1.807) is 20.8 Å². The van der Waals surface area contributed by atoms with Gasteiger partial charge in [0.1, 0.15) is 0 Å². The molecule has 0 N–H and O–H groups in total. The summed E-state index contributed by atoms with van der Waals surface area (Å²) in [5, 5.41) is -0.285. The van der Waals surface area contributed by atoms with Gasteiger partial charge in [-0.05, 0) is 11.6 Å². The molecule has 8 heavy (non-hydrogen) atoms. The average Bonchev–Trinajstić information content (AvgIpc) is 1.31. The van der Waals surface area contributed by atoms with Crippen molar-refractivity contribution in [3.05, 3.63) is 0 Å². The second kappa shape index (κ2) is 3.67. The Morgan fingerprint density at radius 1 is 1.38 bits per heavy atom. The Bertz CT molecular complexity index is 84.9. The van der Waals surface area contributed by atoms with Crippen LogP contribution in [0.25, 0.3) is 0 Å². The Hall–Kier alpha value is 0.690. The normalized spacial score (nSPS) is 10.0. The van der Waals surface area contributed by atoms with Crippen molar-refractivity contribution in [2.24, 2.45) is 5.41 Å². The topological polar surface area (TPSA) is 17.1 Å². The third-order valence-electron chi connectivity index (χ3n) is 0.590. The van der Waals surface area contributed by atoms with E-state index in [0.717, 1.165) is 0 Å². The van der Waals surface area contributed by atoms with Crippen LogP contribution in [0.15, 0.2) is 0 Å². The molecule has 0 amide bonds. The molecule has 0 rings (SSSR count). The summed E-state index contributed by atoms with van der Waals surface area (Å²) in [6.45, 7) is 5.34. The molecule has 0 atom stereocenters. The monoisotopic (exact) mass is 248 g/mol. The van der Waals surface area contributed by atoms with E-state index in [2.05, 4.69) is 0 Å². The van der Waals surface area contributed by atoms with Crippen LogP contribution in [0.1, 0.15) is 20.8 Å². The predicted octanol–water partition coefficient (Wildman–Crippen LogP) is 2.42. The van der Waals surface area contributed by atoms with Gasteiger partial charge in [0.15, 0.2) is 0 Å². The Labute approximate surface area is 71.8 Å². The quantitative estimate of drug-likeness (QED) is 0.475. The van der Waals surface area contributed by atoms with E-state index < -0.39 is 0 Å². The van der Waals surface area contributed by atoms with Crippen LogP contribution in [0.4, 0.5) is 0 Å². The summed E-state index contributed by atoms with van der Waals surface area (Å²) in [4.78, 5) is 10.2. The maximum absolute atomic E-state index is 10.2. The highest BCUT2D eigenvalue weighted by molar-refractivity contribution is 14.0. The lowest BCUT2D eigenvalue weighted by atomic mass is 10.00. The summed E-state index contributed by atoms with van der Waals surface area (Å²) in [7, 11) is 0.